The first-order chi connectivity index (χ1) is 12.5. The Balaban J connectivity index is 1.69. The number of hydrogen-bond donors (Lipinski definition) is 1. The SMILES string of the molecule is Cc1cccc(C2(c3cccc(C)c3)C[C@@H]2C(=O)N2CC[NH+](C)CC2)c1. The molecule has 2 aliphatic rings. The van der Waals surface area contributed by atoms with Gasteiger partial charge in [-0.25, -0.2) is 0 Å². The number of aryl methyl sites for hydroxylation is 2. The predicted octanol–water partition coefficient (Wildman–Crippen LogP) is 1.97. The van der Waals surface area contributed by atoms with Crippen molar-refractivity contribution in [1.29, 1.82) is 0 Å². The van der Waals surface area contributed by atoms with Crippen molar-refractivity contribution in [1.82, 2.24) is 4.90 Å². The van der Waals surface area contributed by atoms with E-state index in [9.17, 15) is 4.79 Å². The zero-order chi connectivity index (χ0) is 18.3. The van der Waals surface area contributed by atoms with Gasteiger partial charge in [0.15, 0.2) is 0 Å². The van der Waals surface area contributed by atoms with Gasteiger partial charge in [0.1, 0.15) is 0 Å². The van der Waals surface area contributed by atoms with Crippen LogP contribution >= 0.6 is 0 Å². The minimum absolute atomic E-state index is 0.0736. The lowest BCUT2D eigenvalue weighted by Crippen LogP contribution is -3.12. The van der Waals surface area contributed by atoms with Crippen LogP contribution in [0, 0.1) is 19.8 Å². The molecule has 0 spiro atoms. The van der Waals surface area contributed by atoms with Crippen LogP contribution < -0.4 is 4.90 Å². The van der Waals surface area contributed by atoms with Gasteiger partial charge in [-0.15, -0.1) is 0 Å². The van der Waals surface area contributed by atoms with E-state index >= 15 is 0 Å². The molecule has 2 aromatic carbocycles. The summed E-state index contributed by atoms with van der Waals surface area (Å²) in [5, 5.41) is 0. The molecule has 1 atom stereocenters. The first-order valence-electron chi connectivity index (χ1n) is 9.75. The second-order valence-electron chi connectivity index (χ2n) is 8.25. The maximum atomic E-state index is 13.3. The van der Waals surface area contributed by atoms with Crippen molar-refractivity contribution >= 4 is 5.91 Å². The highest BCUT2D eigenvalue weighted by Crippen LogP contribution is 2.59. The van der Waals surface area contributed by atoms with E-state index in [-0.39, 0.29) is 11.3 Å². The fraction of sp³-hybridized carbons (Fsp3) is 0.435. The van der Waals surface area contributed by atoms with Crippen LogP contribution in [0.25, 0.3) is 0 Å². The van der Waals surface area contributed by atoms with Crippen molar-refractivity contribution in [3.8, 4) is 0 Å². The molecule has 2 aromatic rings. The Morgan fingerprint density at radius 2 is 1.54 bits per heavy atom. The van der Waals surface area contributed by atoms with Crippen molar-refractivity contribution in [2.45, 2.75) is 25.7 Å². The molecule has 1 saturated heterocycles. The molecule has 1 heterocycles. The van der Waals surface area contributed by atoms with Crippen molar-refractivity contribution in [3.63, 3.8) is 0 Å². The van der Waals surface area contributed by atoms with E-state index in [1.807, 2.05) is 0 Å². The van der Waals surface area contributed by atoms with E-state index in [2.05, 4.69) is 74.3 Å². The number of carbonyl (C=O) groups is 1. The number of amides is 1. The largest absolute Gasteiger partial charge is 0.334 e. The number of nitrogens with zero attached hydrogens (tertiary/aromatic N) is 1. The Hall–Kier alpha value is -2.13. The summed E-state index contributed by atoms with van der Waals surface area (Å²) in [6.07, 6.45) is 0.929. The van der Waals surface area contributed by atoms with Gasteiger partial charge in [-0.1, -0.05) is 59.7 Å². The molecule has 1 saturated carbocycles. The molecule has 4 rings (SSSR count). The van der Waals surface area contributed by atoms with Gasteiger partial charge in [-0.3, -0.25) is 4.79 Å². The van der Waals surface area contributed by atoms with Gasteiger partial charge in [0, 0.05) is 5.41 Å². The lowest BCUT2D eigenvalue weighted by molar-refractivity contribution is -0.883. The Kier molecular flexibility index (Phi) is 4.36. The van der Waals surface area contributed by atoms with Gasteiger partial charge >= 0.3 is 0 Å². The van der Waals surface area contributed by atoms with Crippen molar-refractivity contribution in [3.05, 3.63) is 70.8 Å². The lowest BCUT2D eigenvalue weighted by atomic mass is 9.84. The Morgan fingerprint density at radius 1 is 1.00 bits per heavy atom. The highest BCUT2D eigenvalue weighted by Gasteiger charge is 2.61. The lowest BCUT2D eigenvalue weighted by Gasteiger charge is -2.31. The maximum Gasteiger partial charge on any atom is 0.227 e. The van der Waals surface area contributed by atoms with Crippen LogP contribution in [0.3, 0.4) is 0 Å². The van der Waals surface area contributed by atoms with E-state index in [0.29, 0.717) is 5.91 Å². The molecule has 0 radical (unpaired) electrons. The molecule has 1 amide bonds. The van der Waals surface area contributed by atoms with E-state index in [1.165, 1.54) is 27.2 Å². The highest BCUT2D eigenvalue weighted by atomic mass is 16.2. The number of nitrogens with one attached hydrogen (secondary N) is 1. The molecule has 3 heteroatoms. The first-order valence-corrected chi connectivity index (χ1v) is 9.75. The zero-order valence-corrected chi connectivity index (χ0v) is 16.1. The fourth-order valence-corrected chi connectivity index (χ4v) is 4.54. The van der Waals surface area contributed by atoms with Crippen molar-refractivity contribution < 1.29 is 9.69 Å². The van der Waals surface area contributed by atoms with Crippen LogP contribution in [0.15, 0.2) is 48.5 Å². The molecule has 0 aromatic heterocycles. The standard InChI is InChI=1S/C23H28N2O/c1-17-6-4-8-19(14-17)23(20-9-5-7-18(2)15-20)16-21(23)22(26)25-12-10-24(3)11-13-25/h4-9,14-15,21H,10-13,16H2,1-3H3/p+1/t21-/m1/s1. The molecule has 1 N–H and O–H groups in total. The molecule has 0 unspecified atom stereocenters. The topological polar surface area (TPSA) is 24.8 Å². The number of quaternary nitrogens is 1. The molecule has 136 valence electrons. The summed E-state index contributed by atoms with van der Waals surface area (Å²) in [4.78, 5) is 16.9. The van der Waals surface area contributed by atoms with Crippen LogP contribution in [0.4, 0.5) is 0 Å². The Labute approximate surface area is 156 Å². The van der Waals surface area contributed by atoms with Gasteiger partial charge in [0.2, 0.25) is 5.91 Å². The second kappa shape index (κ2) is 6.55. The molecule has 1 aliphatic heterocycles. The number of piperazine rings is 1. The second-order valence-corrected chi connectivity index (χ2v) is 8.25. The first kappa shape index (κ1) is 17.3. The normalized spacial score (nSPS) is 22.3. The fourth-order valence-electron chi connectivity index (χ4n) is 4.54. The third-order valence-electron chi connectivity index (χ3n) is 6.25. The summed E-state index contributed by atoms with van der Waals surface area (Å²) >= 11 is 0. The van der Waals surface area contributed by atoms with Crippen LogP contribution in [-0.4, -0.2) is 44.0 Å². The molecule has 2 fully saturated rings. The third-order valence-corrected chi connectivity index (χ3v) is 6.25. The van der Waals surface area contributed by atoms with E-state index < -0.39 is 0 Å². The average Bonchev–Trinajstić information content (AvgIpc) is 3.39. The number of rotatable bonds is 3. The summed E-state index contributed by atoms with van der Waals surface area (Å²) in [5.41, 5.74) is 4.96. The molecular formula is C23H29N2O+. The van der Waals surface area contributed by atoms with Crippen LogP contribution in [0.1, 0.15) is 28.7 Å². The smallest absolute Gasteiger partial charge is 0.227 e. The van der Waals surface area contributed by atoms with Gasteiger partial charge in [0.05, 0.1) is 39.1 Å². The number of benzene rings is 2. The summed E-state index contributed by atoms with van der Waals surface area (Å²) in [7, 11) is 2.21. The van der Waals surface area contributed by atoms with Gasteiger partial charge in [-0.2, -0.15) is 0 Å². The number of carbonyl (C=O) groups excluding carboxylic acids is 1. The van der Waals surface area contributed by atoms with Crippen molar-refractivity contribution in [2.24, 2.45) is 5.92 Å². The summed E-state index contributed by atoms with van der Waals surface area (Å²) in [5.74, 6) is 0.421. The molecule has 0 bridgehead atoms. The van der Waals surface area contributed by atoms with Crippen LogP contribution in [0.2, 0.25) is 0 Å². The quantitative estimate of drug-likeness (QED) is 0.900. The van der Waals surface area contributed by atoms with Crippen molar-refractivity contribution in [2.75, 3.05) is 33.2 Å². The minimum Gasteiger partial charge on any atom is -0.334 e. The molecule has 26 heavy (non-hydrogen) atoms. The molecule has 1 aliphatic carbocycles. The van der Waals surface area contributed by atoms with E-state index in [0.717, 1.165) is 32.6 Å². The monoisotopic (exact) mass is 349 g/mol. The predicted molar refractivity (Wildman–Crippen MR) is 104 cm³/mol. The third kappa shape index (κ3) is 2.95. The number of hydrogen-bond acceptors (Lipinski definition) is 1. The zero-order valence-electron chi connectivity index (χ0n) is 16.1. The minimum atomic E-state index is -0.147. The average molecular weight is 349 g/mol. The molecular weight excluding hydrogens is 320 g/mol. The van der Waals surface area contributed by atoms with Gasteiger partial charge < -0.3 is 9.80 Å². The van der Waals surface area contributed by atoms with Gasteiger partial charge in [0.25, 0.3) is 0 Å². The Morgan fingerprint density at radius 3 is 2.04 bits per heavy atom. The maximum absolute atomic E-state index is 13.3. The summed E-state index contributed by atoms with van der Waals surface area (Å²) in [6.45, 7) is 8.16. The van der Waals surface area contributed by atoms with Crippen LogP contribution in [0.5, 0.6) is 0 Å². The highest BCUT2D eigenvalue weighted by molar-refractivity contribution is 5.86. The number of likely N-dealkylation sites (N-methyl/N-ethyl adjacent to an activating group) is 1. The Bertz CT molecular complexity index is 775. The van der Waals surface area contributed by atoms with Crippen LogP contribution in [-0.2, 0) is 10.2 Å². The van der Waals surface area contributed by atoms with E-state index in [4.69, 9.17) is 0 Å². The van der Waals surface area contributed by atoms with E-state index in [1.54, 1.807) is 0 Å². The summed E-state index contributed by atoms with van der Waals surface area (Å²) in [6, 6.07) is 17.5. The summed E-state index contributed by atoms with van der Waals surface area (Å²) < 4.78 is 0. The molecule has 3 nitrogen and oxygen atoms in total. The van der Waals surface area contributed by atoms with Gasteiger partial charge in [-0.05, 0) is 31.4 Å².